The largest absolute Gasteiger partial charge is 0.358 e. The van der Waals surface area contributed by atoms with Crippen molar-refractivity contribution in [3.63, 3.8) is 0 Å². The van der Waals surface area contributed by atoms with Crippen molar-refractivity contribution in [1.82, 2.24) is 19.5 Å². The van der Waals surface area contributed by atoms with Gasteiger partial charge in [-0.05, 0) is 45.2 Å². The van der Waals surface area contributed by atoms with Crippen LogP contribution in [-0.2, 0) is 14.6 Å². The number of hydrogen-bond donors (Lipinski definition) is 1. The van der Waals surface area contributed by atoms with Crippen LogP contribution in [0.5, 0.6) is 0 Å². The molecule has 34 heavy (non-hydrogen) atoms. The number of anilines is 2. The van der Waals surface area contributed by atoms with Crippen molar-refractivity contribution in [2.24, 2.45) is 0 Å². The van der Waals surface area contributed by atoms with Crippen LogP contribution in [0.15, 0.2) is 34.7 Å². The van der Waals surface area contributed by atoms with Gasteiger partial charge in [-0.15, -0.1) is 11.3 Å². The summed E-state index contributed by atoms with van der Waals surface area (Å²) in [6.45, 7) is 4.56. The first kappa shape index (κ1) is 23.2. The van der Waals surface area contributed by atoms with E-state index in [1.165, 1.54) is 17.6 Å². The quantitative estimate of drug-likeness (QED) is 0.340. The molecule has 0 bridgehead atoms. The van der Waals surface area contributed by atoms with Crippen LogP contribution in [0, 0.1) is 13.8 Å². The van der Waals surface area contributed by atoms with Gasteiger partial charge in [0.1, 0.15) is 22.7 Å². The van der Waals surface area contributed by atoms with Crippen molar-refractivity contribution in [3.05, 3.63) is 45.6 Å². The van der Waals surface area contributed by atoms with Gasteiger partial charge in [0.2, 0.25) is 0 Å². The van der Waals surface area contributed by atoms with Crippen LogP contribution in [0.3, 0.4) is 0 Å². The highest BCUT2D eigenvalue weighted by molar-refractivity contribution is 7.90. The Balaban J connectivity index is 1.61. The molecule has 4 heterocycles. The topological polar surface area (TPSA) is 99.0 Å². The fraction of sp³-hybridized carbons (Fsp3) is 0.348. The lowest BCUT2D eigenvalue weighted by molar-refractivity contribution is -0.0309. The van der Waals surface area contributed by atoms with Crippen LogP contribution in [0.2, 0.25) is 5.15 Å². The second kappa shape index (κ2) is 8.92. The van der Waals surface area contributed by atoms with Gasteiger partial charge < -0.3 is 10.1 Å². The summed E-state index contributed by atoms with van der Waals surface area (Å²) in [5.74, 6) is 0.761. The third kappa shape index (κ3) is 4.31. The zero-order valence-electron chi connectivity index (χ0n) is 19.0. The van der Waals surface area contributed by atoms with Gasteiger partial charge in [0.15, 0.2) is 15.5 Å². The molecule has 4 aromatic rings. The van der Waals surface area contributed by atoms with E-state index in [2.05, 4.69) is 15.3 Å². The number of rotatable bonds is 5. The molecule has 1 atom stereocenters. The zero-order valence-corrected chi connectivity index (χ0v) is 21.4. The van der Waals surface area contributed by atoms with E-state index in [0.717, 1.165) is 41.2 Å². The molecule has 1 fully saturated rings. The maximum atomic E-state index is 12.7. The van der Waals surface area contributed by atoms with Crippen LogP contribution in [-0.4, -0.2) is 40.8 Å². The normalized spacial score (nSPS) is 16.8. The number of pyridine rings is 1. The molecule has 1 aliphatic heterocycles. The number of halogens is 1. The number of aryl methyl sites for hydroxylation is 2. The zero-order chi connectivity index (χ0) is 24.0. The highest BCUT2D eigenvalue weighted by Gasteiger charge is 2.24. The molecule has 5 rings (SSSR count). The van der Waals surface area contributed by atoms with E-state index in [1.807, 2.05) is 24.5 Å². The van der Waals surface area contributed by atoms with E-state index in [0.29, 0.717) is 29.1 Å². The van der Waals surface area contributed by atoms with Gasteiger partial charge in [0.05, 0.1) is 27.5 Å². The van der Waals surface area contributed by atoms with E-state index >= 15 is 0 Å². The lowest BCUT2D eigenvalue weighted by Gasteiger charge is -2.25. The number of nitrogens with zero attached hydrogens (tertiary/aromatic N) is 4. The Morgan fingerprint density at radius 2 is 2.00 bits per heavy atom. The Hall–Kier alpha value is -2.53. The molecule has 8 nitrogen and oxygen atoms in total. The second-order valence-electron chi connectivity index (χ2n) is 8.38. The van der Waals surface area contributed by atoms with E-state index in [-0.39, 0.29) is 16.3 Å². The summed E-state index contributed by atoms with van der Waals surface area (Å²) in [6, 6.07) is 6.92. The molecule has 1 saturated heterocycles. The molecule has 0 spiro atoms. The average Bonchev–Trinajstić information content (AvgIpc) is 3.36. The number of hydrogen-bond acceptors (Lipinski definition) is 8. The predicted octanol–water partition coefficient (Wildman–Crippen LogP) is 5.67. The second-order valence-corrected chi connectivity index (χ2v) is 11.8. The van der Waals surface area contributed by atoms with Crippen molar-refractivity contribution in [2.75, 3.05) is 18.2 Å². The Morgan fingerprint density at radius 1 is 1.18 bits per heavy atom. The first-order valence-electron chi connectivity index (χ1n) is 10.9. The molecular weight excluding hydrogens is 494 g/mol. The third-order valence-electron chi connectivity index (χ3n) is 5.91. The fourth-order valence-corrected chi connectivity index (χ4v) is 5.96. The first-order chi connectivity index (χ1) is 16.2. The number of nitrogens with one attached hydrogen (secondary N) is 1. The Kier molecular flexibility index (Phi) is 6.09. The van der Waals surface area contributed by atoms with Crippen molar-refractivity contribution < 1.29 is 13.2 Å². The summed E-state index contributed by atoms with van der Waals surface area (Å²) in [7, 11) is -3.54. The summed E-state index contributed by atoms with van der Waals surface area (Å²) in [6.07, 6.45) is 4.02. The molecule has 1 unspecified atom stereocenters. The van der Waals surface area contributed by atoms with Crippen LogP contribution >= 0.6 is 22.9 Å². The lowest BCUT2D eigenvalue weighted by Crippen LogP contribution is -2.19. The molecule has 3 aromatic heterocycles. The molecule has 178 valence electrons. The minimum absolute atomic E-state index is 0.148. The maximum Gasteiger partial charge on any atom is 0.177 e. The van der Waals surface area contributed by atoms with Gasteiger partial charge in [0, 0.05) is 29.4 Å². The number of fused-ring (bicyclic) bond motifs is 1. The van der Waals surface area contributed by atoms with Gasteiger partial charge in [-0.25, -0.2) is 23.4 Å². The molecule has 1 N–H and O–H groups in total. The molecule has 0 amide bonds. The highest BCUT2D eigenvalue weighted by Crippen LogP contribution is 2.36. The van der Waals surface area contributed by atoms with Gasteiger partial charge in [-0.2, -0.15) is 0 Å². The monoisotopic (exact) mass is 517 g/mol. The maximum absolute atomic E-state index is 12.7. The standard InChI is InChI=1S/C23H24ClN5O3S2/c1-13-21(25-12-33-13)15-7-8-16(18(10-15)34(3,30)31)27-17-11-19(24)28-23-22(17)26-14(2)29(23)20-6-4-5-9-32-20/h7-8,10-12,20H,4-6,9H2,1-3H3,(H,27,28). The molecular formula is C23H24ClN5O3S2. The number of sulfone groups is 1. The number of thiazole rings is 1. The Morgan fingerprint density at radius 3 is 2.68 bits per heavy atom. The minimum Gasteiger partial charge on any atom is -0.358 e. The lowest BCUT2D eigenvalue weighted by atomic mass is 10.1. The Bertz CT molecular complexity index is 1490. The average molecular weight is 518 g/mol. The molecule has 1 aliphatic rings. The summed E-state index contributed by atoms with van der Waals surface area (Å²) in [4.78, 5) is 14.8. The van der Waals surface area contributed by atoms with Crippen molar-refractivity contribution in [3.8, 4) is 11.3 Å². The van der Waals surface area contributed by atoms with Gasteiger partial charge in [0.25, 0.3) is 0 Å². The minimum atomic E-state index is -3.54. The Labute approximate surface area is 206 Å². The van der Waals surface area contributed by atoms with Crippen molar-refractivity contribution in [1.29, 1.82) is 0 Å². The predicted molar refractivity (Wildman–Crippen MR) is 135 cm³/mol. The van der Waals surface area contributed by atoms with Gasteiger partial charge >= 0.3 is 0 Å². The highest BCUT2D eigenvalue weighted by atomic mass is 35.5. The number of benzene rings is 1. The fourth-order valence-electron chi connectivity index (χ4n) is 4.32. The van der Waals surface area contributed by atoms with Crippen molar-refractivity contribution >= 4 is 55.3 Å². The van der Waals surface area contributed by atoms with Crippen LogP contribution < -0.4 is 5.32 Å². The van der Waals surface area contributed by atoms with Crippen LogP contribution in [0.1, 0.15) is 36.2 Å². The molecule has 0 radical (unpaired) electrons. The molecule has 0 saturated carbocycles. The number of aromatic nitrogens is 4. The SMILES string of the molecule is Cc1scnc1-c1ccc(Nc2cc(Cl)nc3c2nc(C)n3C2CCCCO2)c(S(C)(=O)=O)c1. The van der Waals surface area contributed by atoms with E-state index < -0.39 is 9.84 Å². The smallest absolute Gasteiger partial charge is 0.177 e. The van der Waals surface area contributed by atoms with Crippen LogP contribution in [0.4, 0.5) is 11.4 Å². The van der Waals surface area contributed by atoms with Crippen LogP contribution in [0.25, 0.3) is 22.4 Å². The van der Waals surface area contributed by atoms with E-state index in [4.69, 9.17) is 21.3 Å². The van der Waals surface area contributed by atoms with E-state index in [1.54, 1.807) is 23.7 Å². The van der Waals surface area contributed by atoms with Crippen molar-refractivity contribution in [2.45, 2.75) is 44.2 Å². The third-order valence-corrected chi connectivity index (χ3v) is 7.99. The number of ether oxygens (including phenoxy) is 1. The van der Waals surface area contributed by atoms with Gasteiger partial charge in [-0.3, -0.25) is 4.57 Å². The number of imidazole rings is 1. The molecule has 11 heteroatoms. The summed E-state index contributed by atoms with van der Waals surface area (Å²) in [5, 5.41) is 3.54. The summed E-state index contributed by atoms with van der Waals surface area (Å²) >= 11 is 7.91. The first-order valence-corrected chi connectivity index (χ1v) is 14.1. The molecule has 0 aliphatic carbocycles. The summed E-state index contributed by atoms with van der Waals surface area (Å²) in [5.41, 5.74) is 5.50. The van der Waals surface area contributed by atoms with Gasteiger partial charge in [-0.1, -0.05) is 17.7 Å². The van der Waals surface area contributed by atoms with E-state index in [9.17, 15) is 8.42 Å². The molecule has 1 aromatic carbocycles. The summed E-state index contributed by atoms with van der Waals surface area (Å²) < 4.78 is 33.4.